The number of nitrogens with zero attached hydrogens (tertiary/aromatic N) is 6. The lowest BCUT2D eigenvalue weighted by molar-refractivity contribution is -0.138. The van der Waals surface area contributed by atoms with Crippen molar-refractivity contribution in [2.45, 2.75) is 63.1 Å². The van der Waals surface area contributed by atoms with Gasteiger partial charge in [0.1, 0.15) is 23.5 Å². The minimum absolute atomic E-state index is 0.0707. The topological polar surface area (TPSA) is 112 Å². The molecule has 1 amide bonds. The summed E-state index contributed by atoms with van der Waals surface area (Å²) in [6.45, 7) is 0.358. The average Bonchev–Trinajstić information content (AvgIpc) is 3.67. The van der Waals surface area contributed by atoms with Gasteiger partial charge >= 0.3 is 12.4 Å². The zero-order valence-corrected chi connectivity index (χ0v) is 26.2. The van der Waals surface area contributed by atoms with Gasteiger partial charge in [0.05, 0.1) is 23.7 Å². The van der Waals surface area contributed by atoms with E-state index in [9.17, 15) is 36.4 Å². The van der Waals surface area contributed by atoms with E-state index in [-0.39, 0.29) is 51.8 Å². The number of hydrogen-bond acceptors (Lipinski definition) is 7. The van der Waals surface area contributed by atoms with Crippen LogP contribution in [0, 0.1) is 17.2 Å². The predicted octanol–water partition coefficient (Wildman–Crippen LogP) is 7.10. The Kier molecular flexibility index (Phi) is 7.89. The summed E-state index contributed by atoms with van der Waals surface area (Å²) in [6, 6.07) is 10.7. The Morgan fingerprint density at radius 2 is 1.78 bits per heavy atom. The number of aryl methyl sites for hydroxylation is 1. The number of carbonyl (C=O) groups is 1. The van der Waals surface area contributed by atoms with Crippen LogP contribution in [0.15, 0.2) is 48.8 Å². The number of nitrogens with one attached hydrogen (secondary N) is 2. The van der Waals surface area contributed by atoms with Crippen molar-refractivity contribution in [2.24, 2.45) is 13.0 Å². The molecule has 2 aliphatic carbocycles. The molecule has 3 aliphatic rings. The Morgan fingerprint density at radius 3 is 2.39 bits per heavy atom. The van der Waals surface area contributed by atoms with Gasteiger partial charge < -0.3 is 15.2 Å². The Bertz CT molecular complexity index is 1990. The van der Waals surface area contributed by atoms with Gasteiger partial charge in [0.15, 0.2) is 5.82 Å². The number of anilines is 2. The van der Waals surface area contributed by atoms with E-state index in [1.165, 1.54) is 35.2 Å². The molecule has 1 aliphatic heterocycles. The first-order chi connectivity index (χ1) is 23.2. The van der Waals surface area contributed by atoms with Crippen molar-refractivity contribution in [3.05, 3.63) is 76.6 Å². The lowest BCUT2D eigenvalue weighted by atomic mass is 9.78. The highest BCUT2D eigenvalue weighted by Crippen LogP contribution is 2.43. The van der Waals surface area contributed by atoms with Gasteiger partial charge in [0.25, 0.3) is 5.91 Å². The van der Waals surface area contributed by atoms with E-state index >= 15 is 0 Å². The predicted molar refractivity (Wildman–Crippen MR) is 167 cm³/mol. The van der Waals surface area contributed by atoms with Crippen molar-refractivity contribution in [3.63, 3.8) is 0 Å². The summed E-state index contributed by atoms with van der Waals surface area (Å²) in [7, 11) is 1.63. The molecular weight excluding hydrogens is 650 g/mol. The van der Waals surface area contributed by atoms with Gasteiger partial charge in [-0.1, -0.05) is 0 Å². The summed E-state index contributed by atoms with van der Waals surface area (Å²) in [4.78, 5) is 19.6. The van der Waals surface area contributed by atoms with E-state index in [0.29, 0.717) is 30.9 Å². The maximum absolute atomic E-state index is 14.4. The Hall–Kier alpha value is -4.97. The second-order valence-corrected chi connectivity index (χ2v) is 12.9. The molecule has 254 valence electrons. The second-order valence-electron chi connectivity index (χ2n) is 12.9. The summed E-state index contributed by atoms with van der Waals surface area (Å²) in [5.41, 5.74) is -2.36. The number of hydrogen-bond donors (Lipinski definition) is 2. The summed E-state index contributed by atoms with van der Waals surface area (Å²) >= 11 is 0. The maximum Gasteiger partial charge on any atom is 0.416 e. The molecule has 2 fully saturated rings. The third kappa shape index (κ3) is 6.32. The zero-order valence-electron chi connectivity index (χ0n) is 26.2. The largest absolute Gasteiger partial charge is 0.416 e. The Morgan fingerprint density at radius 1 is 1.00 bits per heavy atom. The first kappa shape index (κ1) is 32.6. The van der Waals surface area contributed by atoms with Crippen LogP contribution in [0.4, 0.5) is 38.0 Å². The standard InChI is InChI=1S/C34H30F6N8O/c1-47-18-43-46-30(47)23-6-5-22(33(35,36)37)13-24(23)21-11-28(45-32(17-41)7-2-8-32)44-29(12-21)48-16-26-25(31(48)49)9-20(10-27(26)34(38,39)40)15-42-14-19-3-4-19/h5-6,9-13,18-19,42H,2-4,7-8,14-16H2,1H3,(H,44,45). The van der Waals surface area contributed by atoms with Crippen LogP contribution in [0.25, 0.3) is 22.5 Å². The number of alkyl halides is 6. The van der Waals surface area contributed by atoms with Gasteiger partial charge in [-0.15, -0.1) is 10.2 Å². The van der Waals surface area contributed by atoms with Crippen molar-refractivity contribution in [1.82, 2.24) is 25.1 Å². The summed E-state index contributed by atoms with van der Waals surface area (Å²) in [5.74, 6) is 0.0277. The van der Waals surface area contributed by atoms with Crippen LogP contribution >= 0.6 is 0 Å². The van der Waals surface area contributed by atoms with Crippen LogP contribution in [0.1, 0.15) is 64.7 Å². The minimum atomic E-state index is -4.75. The maximum atomic E-state index is 14.4. The molecule has 2 saturated carbocycles. The first-order valence-corrected chi connectivity index (χ1v) is 15.8. The van der Waals surface area contributed by atoms with Crippen molar-refractivity contribution in [3.8, 4) is 28.6 Å². The van der Waals surface area contributed by atoms with E-state index in [1.807, 2.05) is 0 Å². The van der Waals surface area contributed by atoms with E-state index in [2.05, 4.69) is 31.9 Å². The zero-order chi connectivity index (χ0) is 34.7. The van der Waals surface area contributed by atoms with Gasteiger partial charge in [-0.25, -0.2) is 4.98 Å². The van der Waals surface area contributed by atoms with Gasteiger partial charge in [-0.3, -0.25) is 9.69 Å². The molecule has 0 unspecified atom stereocenters. The summed E-state index contributed by atoms with van der Waals surface area (Å²) < 4.78 is 86.7. The van der Waals surface area contributed by atoms with Crippen LogP contribution in [0.3, 0.4) is 0 Å². The van der Waals surface area contributed by atoms with Crippen molar-refractivity contribution in [1.29, 1.82) is 5.26 Å². The van der Waals surface area contributed by atoms with Gasteiger partial charge in [-0.05, 0) is 109 Å². The molecule has 0 spiro atoms. The fourth-order valence-electron chi connectivity index (χ4n) is 6.35. The highest BCUT2D eigenvalue weighted by atomic mass is 19.4. The van der Waals surface area contributed by atoms with E-state index < -0.39 is 41.5 Å². The van der Waals surface area contributed by atoms with E-state index in [0.717, 1.165) is 42.4 Å². The molecule has 3 heterocycles. The van der Waals surface area contributed by atoms with Crippen molar-refractivity contribution >= 4 is 17.5 Å². The van der Waals surface area contributed by atoms with Crippen molar-refractivity contribution < 1.29 is 31.1 Å². The fraction of sp³-hybridized carbons (Fsp3) is 0.382. The molecule has 4 aromatic rings. The van der Waals surface area contributed by atoms with E-state index in [1.54, 1.807) is 7.05 Å². The highest BCUT2D eigenvalue weighted by molar-refractivity contribution is 6.10. The summed E-state index contributed by atoms with van der Waals surface area (Å²) in [5, 5.41) is 24.1. The molecule has 2 aromatic heterocycles. The number of nitriles is 1. The lowest BCUT2D eigenvalue weighted by Gasteiger charge is -2.36. The molecule has 7 rings (SSSR count). The Balaban J connectivity index is 1.35. The van der Waals surface area contributed by atoms with Gasteiger partial charge in [0, 0.05) is 24.7 Å². The first-order valence-electron chi connectivity index (χ1n) is 15.8. The molecule has 2 aromatic carbocycles. The molecule has 15 heteroatoms. The number of carbonyl (C=O) groups excluding carboxylic acids is 1. The monoisotopic (exact) mass is 680 g/mol. The molecule has 2 N–H and O–H groups in total. The lowest BCUT2D eigenvalue weighted by Crippen LogP contribution is -2.43. The quantitative estimate of drug-likeness (QED) is 0.182. The SMILES string of the molecule is Cn1cnnc1-c1ccc(C(F)(F)F)cc1-c1cc(NC2(C#N)CCC2)nc(N2Cc3c(cc(CNCC4CC4)cc3C(F)(F)F)C2=O)c1. The number of fused-ring (bicyclic) bond motifs is 1. The van der Waals surface area contributed by atoms with Crippen LogP contribution in [0.2, 0.25) is 0 Å². The molecule has 0 atom stereocenters. The number of pyridine rings is 1. The molecule has 49 heavy (non-hydrogen) atoms. The third-order valence-corrected chi connectivity index (χ3v) is 9.35. The average molecular weight is 681 g/mol. The normalized spacial score (nSPS) is 17.1. The molecular formula is C34H30F6N8O. The number of halogens is 6. The van der Waals surface area contributed by atoms with Crippen LogP contribution in [-0.4, -0.2) is 37.7 Å². The van der Waals surface area contributed by atoms with Gasteiger partial charge in [-0.2, -0.15) is 31.6 Å². The van der Waals surface area contributed by atoms with Crippen LogP contribution in [-0.2, 0) is 32.5 Å². The third-order valence-electron chi connectivity index (χ3n) is 9.35. The molecule has 9 nitrogen and oxygen atoms in total. The fourth-order valence-corrected chi connectivity index (χ4v) is 6.35. The molecule has 0 bridgehead atoms. The van der Waals surface area contributed by atoms with Crippen LogP contribution < -0.4 is 15.5 Å². The van der Waals surface area contributed by atoms with Crippen molar-refractivity contribution in [2.75, 3.05) is 16.8 Å². The highest BCUT2D eigenvalue weighted by Gasteiger charge is 2.42. The number of benzene rings is 2. The number of aromatic nitrogens is 4. The Labute approximate surface area is 277 Å². The van der Waals surface area contributed by atoms with E-state index in [4.69, 9.17) is 0 Å². The molecule has 0 saturated heterocycles. The molecule has 0 radical (unpaired) electrons. The second kappa shape index (κ2) is 11.9. The number of rotatable bonds is 9. The summed E-state index contributed by atoms with van der Waals surface area (Å²) in [6.07, 6.45) is -4.20. The number of amides is 1. The smallest absolute Gasteiger partial charge is 0.352 e. The minimum Gasteiger partial charge on any atom is -0.352 e. The van der Waals surface area contributed by atoms with Crippen LogP contribution in [0.5, 0.6) is 0 Å². The van der Waals surface area contributed by atoms with Gasteiger partial charge in [0.2, 0.25) is 0 Å².